The third-order valence-electron chi connectivity index (χ3n) is 2.73. The van der Waals surface area contributed by atoms with E-state index in [9.17, 15) is 0 Å². The lowest BCUT2D eigenvalue weighted by molar-refractivity contribution is 0.0807. The number of hydrogen-bond acceptors (Lipinski definition) is 3. The number of aromatic nitrogens is 2. The summed E-state index contributed by atoms with van der Waals surface area (Å²) in [5, 5.41) is 7.47. The van der Waals surface area contributed by atoms with Crippen LogP contribution in [0, 0.1) is 0 Å². The Kier molecular flexibility index (Phi) is 2.84. The van der Waals surface area contributed by atoms with Crippen molar-refractivity contribution in [3.05, 3.63) is 18.0 Å². The van der Waals surface area contributed by atoms with Crippen LogP contribution in [0.1, 0.15) is 24.4 Å². The Balaban J connectivity index is 2.12. The van der Waals surface area contributed by atoms with E-state index in [1.165, 1.54) is 12.0 Å². The Bertz CT molecular complexity index is 291. The molecular weight excluding hydrogens is 178 g/mol. The van der Waals surface area contributed by atoms with E-state index in [4.69, 9.17) is 4.74 Å². The van der Waals surface area contributed by atoms with Gasteiger partial charge in [-0.3, -0.25) is 4.68 Å². The van der Waals surface area contributed by atoms with Crippen LogP contribution in [0.3, 0.4) is 0 Å². The molecule has 1 saturated heterocycles. The van der Waals surface area contributed by atoms with Crippen molar-refractivity contribution < 1.29 is 4.74 Å². The molecule has 0 spiro atoms. The number of nitrogens with one attached hydrogen (secondary N) is 1. The number of aryl methyl sites for hydroxylation is 1. The van der Waals surface area contributed by atoms with E-state index in [2.05, 4.69) is 10.4 Å². The number of rotatable bonds is 3. The van der Waals surface area contributed by atoms with Crippen molar-refractivity contribution in [1.29, 1.82) is 0 Å². The Morgan fingerprint density at radius 3 is 3.07 bits per heavy atom. The Morgan fingerprint density at radius 2 is 2.57 bits per heavy atom. The highest BCUT2D eigenvalue weighted by Crippen LogP contribution is 2.25. The molecule has 1 N–H and O–H groups in total. The maximum atomic E-state index is 5.67. The SMILES string of the molecule is CNC(c1cnn(C)c1)C1CCCO1. The van der Waals surface area contributed by atoms with Gasteiger partial charge in [0.2, 0.25) is 0 Å². The third kappa shape index (κ3) is 1.81. The molecule has 1 aromatic rings. The molecule has 4 heteroatoms. The van der Waals surface area contributed by atoms with E-state index < -0.39 is 0 Å². The molecule has 0 aliphatic carbocycles. The number of hydrogen-bond donors (Lipinski definition) is 1. The molecule has 2 unspecified atom stereocenters. The second-order valence-electron chi connectivity index (χ2n) is 3.77. The maximum absolute atomic E-state index is 5.67. The van der Waals surface area contributed by atoms with Gasteiger partial charge in [-0.2, -0.15) is 5.10 Å². The largest absolute Gasteiger partial charge is 0.376 e. The van der Waals surface area contributed by atoms with Crippen molar-refractivity contribution in [2.75, 3.05) is 13.7 Å². The summed E-state index contributed by atoms with van der Waals surface area (Å²) in [5.74, 6) is 0. The van der Waals surface area contributed by atoms with E-state index in [0.717, 1.165) is 13.0 Å². The van der Waals surface area contributed by atoms with Gasteiger partial charge in [-0.1, -0.05) is 0 Å². The van der Waals surface area contributed by atoms with Gasteiger partial charge in [0.05, 0.1) is 18.3 Å². The van der Waals surface area contributed by atoms with Crippen LogP contribution in [0.2, 0.25) is 0 Å². The summed E-state index contributed by atoms with van der Waals surface area (Å²) in [7, 11) is 3.91. The molecule has 14 heavy (non-hydrogen) atoms. The van der Waals surface area contributed by atoms with Crippen molar-refractivity contribution in [2.24, 2.45) is 7.05 Å². The fourth-order valence-corrected chi connectivity index (χ4v) is 2.03. The molecule has 2 rings (SSSR count). The van der Waals surface area contributed by atoms with Crippen molar-refractivity contribution in [3.8, 4) is 0 Å². The molecule has 0 amide bonds. The average molecular weight is 195 g/mol. The quantitative estimate of drug-likeness (QED) is 0.777. The fourth-order valence-electron chi connectivity index (χ4n) is 2.03. The predicted molar refractivity (Wildman–Crippen MR) is 54.0 cm³/mol. The molecule has 1 aromatic heterocycles. The zero-order valence-electron chi connectivity index (χ0n) is 8.73. The van der Waals surface area contributed by atoms with Crippen LogP contribution in [-0.2, 0) is 11.8 Å². The zero-order chi connectivity index (χ0) is 9.97. The molecule has 2 atom stereocenters. The topological polar surface area (TPSA) is 39.1 Å². The third-order valence-corrected chi connectivity index (χ3v) is 2.73. The fraction of sp³-hybridized carbons (Fsp3) is 0.700. The molecule has 1 aliphatic rings. The van der Waals surface area contributed by atoms with Gasteiger partial charge in [0, 0.05) is 25.4 Å². The molecule has 2 heterocycles. The summed E-state index contributed by atoms with van der Waals surface area (Å²) in [6, 6.07) is 0.284. The van der Waals surface area contributed by atoms with Gasteiger partial charge in [0.25, 0.3) is 0 Å². The predicted octanol–water partition coefficient (Wildman–Crippen LogP) is 0.860. The maximum Gasteiger partial charge on any atom is 0.0771 e. The van der Waals surface area contributed by atoms with E-state index in [0.29, 0.717) is 6.10 Å². The molecule has 4 nitrogen and oxygen atoms in total. The summed E-state index contributed by atoms with van der Waals surface area (Å²) >= 11 is 0. The summed E-state index contributed by atoms with van der Waals surface area (Å²) < 4.78 is 7.50. The van der Waals surface area contributed by atoms with Gasteiger partial charge in [-0.15, -0.1) is 0 Å². The van der Waals surface area contributed by atoms with Gasteiger partial charge in [0.1, 0.15) is 0 Å². The molecule has 0 radical (unpaired) electrons. The van der Waals surface area contributed by atoms with Crippen LogP contribution in [0.5, 0.6) is 0 Å². The minimum Gasteiger partial charge on any atom is -0.376 e. The molecule has 1 aliphatic heterocycles. The molecule has 78 valence electrons. The zero-order valence-corrected chi connectivity index (χ0v) is 8.73. The first-order valence-electron chi connectivity index (χ1n) is 5.08. The lowest BCUT2D eigenvalue weighted by atomic mass is 10.0. The molecule has 0 saturated carbocycles. The number of likely N-dealkylation sites (N-methyl/N-ethyl adjacent to an activating group) is 1. The Labute approximate surface area is 84.3 Å². The smallest absolute Gasteiger partial charge is 0.0771 e. The highest BCUT2D eigenvalue weighted by molar-refractivity contribution is 5.12. The van der Waals surface area contributed by atoms with Crippen LogP contribution in [0.15, 0.2) is 12.4 Å². The van der Waals surface area contributed by atoms with Crippen LogP contribution in [0.4, 0.5) is 0 Å². The lowest BCUT2D eigenvalue weighted by Crippen LogP contribution is -2.28. The first-order valence-corrected chi connectivity index (χ1v) is 5.08. The average Bonchev–Trinajstić information content (AvgIpc) is 2.79. The van der Waals surface area contributed by atoms with Crippen molar-refractivity contribution in [3.63, 3.8) is 0 Å². The highest BCUT2D eigenvalue weighted by atomic mass is 16.5. The summed E-state index contributed by atoms with van der Waals surface area (Å²) in [6.07, 6.45) is 6.57. The monoisotopic (exact) mass is 195 g/mol. The van der Waals surface area contributed by atoms with Crippen molar-refractivity contribution >= 4 is 0 Å². The van der Waals surface area contributed by atoms with Crippen molar-refractivity contribution in [2.45, 2.75) is 25.0 Å². The standard InChI is InChI=1S/C10H17N3O/c1-11-10(9-4-3-5-14-9)8-6-12-13(2)7-8/h6-7,9-11H,3-5H2,1-2H3. The summed E-state index contributed by atoms with van der Waals surface area (Å²) in [6.45, 7) is 0.892. The first-order chi connectivity index (χ1) is 6.81. The van der Waals surface area contributed by atoms with Crippen LogP contribution >= 0.6 is 0 Å². The van der Waals surface area contributed by atoms with Gasteiger partial charge in [0.15, 0.2) is 0 Å². The molecule has 0 aromatic carbocycles. The molecule has 1 fully saturated rings. The van der Waals surface area contributed by atoms with Crippen LogP contribution in [-0.4, -0.2) is 29.5 Å². The van der Waals surface area contributed by atoms with E-state index in [1.54, 1.807) is 0 Å². The van der Waals surface area contributed by atoms with E-state index >= 15 is 0 Å². The molecule has 0 bridgehead atoms. The summed E-state index contributed by atoms with van der Waals surface area (Å²) in [5.41, 5.74) is 1.21. The van der Waals surface area contributed by atoms with Gasteiger partial charge >= 0.3 is 0 Å². The second-order valence-corrected chi connectivity index (χ2v) is 3.77. The van der Waals surface area contributed by atoms with Crippen LogP contribution in [0.25, 0.3) is 0 Å². The van der Waals surface area contributed by atoms with Crippen molar-refractivity contribution in [1.82, 2.24) is 15.1 Å². The van der Waals surface area contributed by atoms with Gasteiger partial charge in [-0.25, -0.2) is 0 Å². The minimum absolute atomic E-state index is 0.284. The normalized spacial score (nSPS) is 24.0. The minimum atomic E-state index is 0.284. The van der Waals surface area contributed by atoms with Gasteiger partial charge in [-0.05, 0) is 19.9 Å². The number of nitrogens with zero attached hydrogens (tertiary/aromatic N) is 2. The van der Waals surface area contributed by atoms with E-state index in [-0.39, 0.29) is 6.04 Å². The highest BCUT2D eigenvalue weighted by Gasteiger charge is 2.26. The Morgan fingerprint density at radius 1 is 1.71 bits per heavy atom. The second kappa shape index (κ2) is 4.11. The number of ether oxygens (including phenoxy) is 1. The first kappa shape index (κ1) is 9.68. The van der Waals surface area contributed by atoms with Crippen LogP contribution < -0.4 is 5.32 Å². The summed E-state index contributed by atoms with van der Waals surface area (Å²) in [4.78, 5) is 0. The van der Waals surface area contributed by atoms with E-state index in [1.807, 2.05) is 31.2 Å². The molecular formula is C10H17N3O. The van der Waals surface area contributed by atoms with Gasteiger partial charge < -0.3 is 10.1 Å². The lowest BCUT2D eigenvalue weighted by Gasteiger charge is -2.20. The Hall–Kier alpha value is -0.870.